The second kappa shape index (κ2) is 5.19. The number of fused-ring (bicyclic) bond motifs is 1. The van der Waals surface area contributed by atoms with Crippen molar-refractivity contribution in [3.05, 3.63) is 71.0 Å². The van der Waals surface area contributed by atoms with Gasteiger partial charge in [-0.25, -0.2) is 9.18 Å². The minimum Gasteiger partial charge on any atom is -0.478 e. The highest BCUT2D eigenvalue weighted by Gasteiger charge is 2.13. The van der Waals surface area contributed by atoms with Crippen molar-refractivity contribution < 1.29 is 14.3 Å². The molecule has 3 aromatic carbocycles. The van der Waals surface area contributed by atoms with Gasteiger partial charge in [0, 0.05) is 16.0 Å². The van der Waals surface area contributed by atoms with E-state index < -0.39 is 5.97 Å². The molecule has 1 N–H and O–H groups in total. The van der Waals surface area contributed by atoms with Crippen molar-refractivity contribution in [3.8, 4) is 11.1 Å². The van der Waals surface area contributed by atoms with Gasteiger partial charge in [-0.15, -0.1) is 0 Å². The molecular weight excluding hydrogens is 291 g/mol. The molecule has 3 aromatic rings. The van der Waals surface area contributed by atoms with E-state index in [0.29, 0.717) is 26.9 Å². The highest BCUT2D eigenvalue weighted by molar-refractivity contribution is 6.34. The van der Waals surface area contributed by atoms with E-state index in [1.807, 2.05) is 0 Å². The monoisotopic (exact) mass is 300 g/mol. The van der Waals surface area contributed by atoms with Gasteiger partial charge in [0.2, 0.25) is 0 Å². The second-order valence-electron chi connectivity index (χ2n) is 4.64. The fourth-order valence-electron chi connectivity index (χ4n) is 2.36. The van der Waals surface area contributed by atoms with E-state index in [9.17, 15) is 9.18 Å². The van der Waals surface area contributed by atoms with Gasteiger partial charge in [0.1, 0.15) is 5.82 Å². The number of rotatable bonds is 2. The number of hydrogen-bond acceptors (Lipinski definition) is 1. The minimum absolute atomic E-state index is 0.141. The first-order valence-electron chi connectivity index (χ1n) is 6.28. The van der Waals surface area contributed by atoms with Crippen LogP contribution in [0.3, 0.4) is 0 Å². The summed E-state index contributed by atoms with van der Waals surface area (Å²) in [5, 5.41) is 10.7. The molecule has 21 heavy (non-hydrogen) atoms. The molecule has 0 aliphatic rings. The Hall–Kier alpha value is -2.39. The van der Waals surface area contributed by atoms with Crippen LogP contribution in [0.25, 0.3) is 21.9 Å². The van der Waals surface area contributed by atoms with Crippen molar-refractivity contribution in [2.75, 3.05) is 0 Å². The number of benzene rings is 3. The summed E-state index contributed by atoms with van der Waals surface area (Å²) < 4.78 is 13.9. The molecule has 0 aliphatic heterocycles. The molecule has 2 nitrogen and oxygen atoms in total. The minimum atomic E-state index is -1.03. The van der Waals surface area contributed by atoms with Crippen LogP contribution in [0.1, 0.15) is 10.4 Å². The zero-order valence-corrected chi connectivity index (χ0v) is 11.6. The molecule has 0 saturated carbocycles. The highest BCUT2D eigenvalue weighted by atomic mass is 35.5. The molecule has 0 aliphatic carbocycles. The van der Waals surface area contributed by atoms with Gasteiger partial charge in [-0.05, 0) is 35.2 Å². The lowest BCUT2D eigenvalue weighted by atomic mass is 9.96. The summed E-state index contributed by atoms with van der Waals surface area (Å²) in [5.41, 5.74) is 1.43. The van der Waals surface area contributed by atoms with Gasteiger partial charge in [-0.2, -0.15) is 0 Å². The summed E-state index contributed by atoms with van der Waals surface area (Å²) in [6.45, 7) is 0. The van der Waals surface area contributed by atoms with E-state index in [1.54, 1.807) is 36.4 Å². The van der Waals surface area contributed by atoms with E-state index in [2.05, 4.69) is 0 Å². The van der Waals surface area contributed by atoms with Crippen LogP contribution in [0.4, 0.5) is 4.39 Å². The maximum Gasteiger partial charge on any atom is 0.335 e. The van der Waals surface area contributed by atoms with Gasteiger partial charge in [0.25, 0.3) is 0 Å². The third-order valence-electron chi connectivity index (χ3n) is 3.37. The Morgan fingerprint density at radius 2 is 1.67 bits per heavy atom. The molecule has 0 bridgehead atoms. The van der Waals surface area contributed by atoms with Crippen LogP contribution in [0.15, 0.2) is 54.6 Å². The standard InChI is InChI=1S/C17H10ClFO2/c18-15-7-5-10(17(20)21)9-14(15)12-6-8-16(19)13-4-2-1-3-11(12)13/h1-9H,(H,20,21). The summed E-state index contributed by atoms with van der Waals surface area (Å²) in [7, 11) is 0. The van der Waals surface area contributed by atoms with E-state index in [1.165, 1.54) is 18.2 Å². The Bertz CT molecular complexity index is 859. The van der Waals surface area contributed by atoms with Crippen molar-refractivity contribution in [1.82, 2.24) is 0 Å². The van der Waals surface area contributed by atoms with Gasteiger partial charge in [-0.1, -0.05) is 41.9 Å². The molecule has 0 unspecified atom stereocenters. The van der Waals surface area contributed by atoms with Crippen LogP contribution in [0, 0.1) is 5.82 Å². The lowest BCUT2D eigenvalue weighted by Gasteiger charge is -2.10. The first kappa shape index (κ1) is 13.6. The Morgan fingerprint density at radius 3 is 2.38 bits per heavy atom. The number of carbonyl (C=O) groups is 1. The van der Waals surface area contributed by atoms with Gasteiger partial charge in [0.05, 0.1) is 5.56 Å². The quantitative estimate of drug-likeness (QED) is 0.723. The van der Waals surface area contributed by atoms with Crippen molar-refractivity contribution in [1.29, 1.82) is 0 Å². The molecule has 3 rings (SSSR count). The highest BCUT2D eigenvalue weighted by Crippen LogP contribution is 2.35. The van der Waals surface area contributed by atoms with Gasteiger partial charge >= 0.3 is 5.97 Å². The largest absolute Gasteiger partial charge is 0.478 e. The fraction of sp³-hybridized carbons (Fsp3) is 0. The lowest BCUT2D eigenvalue weighted by Crippen LogP contribution is -1.96. The smallest absolute Gasteiger partial charge is 0.335 e. The number of carboxylic acid groups (broad SMARTS) is 1. The summed E-state index contributed by atoms with van der Waals surface area (Å²) >= 11 is 6.19. The zero-order chi connectivity index (χ0) is 15.0. The molecular formula is C17H10ClFO2. The molecule has 0 aromatic heterocycles. The molecule has 4 heteroatoms. The van der Waals surface area contributed by atoms with Crippen LogP contribution in [-0.2, 0) is 0 Å². The van der Waals surface area contributed by atoms with Crippen LogP contribution in [0.2, 0.25) is 5.02 Å². The van der Waals surface area contributed by atoms with Gasteiger partial charge in [0.15, 0.2) is 0 Å². The third-order valence-corrected chi connectivity index (χ3v) is 3.70. The topological polar surface area (TPSA) is 37.3 Å². The maximum atomic E-state index is 13.9. The molecule has 0 radical (unpaired) electrons. The van der Waals surface area contributed by atoms with E-state index in [4.69, 9.17) is 16.7 Å². The molecule has 0 heterocycles. The summed E-state index contributed by atoms with van der Waals surface area (Å²) in [5.74, 6) is -1.35. The van der Waals surface area contributed by atoms with E-state index >= 15 is 0 Å². The third kappa shape index (κ3) is 2.36. The Kier molecular flexibility index (Phi) is 3.35. The normalized spacial score (nSPS) is 10.8. The van der Waals surface area contributed by atoms with Crippen LogP contribution in [0.5, 0.6) is 0 Å². The summed E-state index contributed by atoms with van der Waals surface area (Å²) in [6, 6.07) is 14.5. The predicted octanol–water partition coefficient (Wildman–Crippen LogP) is 5.00. The molecule has 0 atom stereocenters. The fourth-order valence-corrected chi connectivity index (χ4v) is 2.58. The number of hydrogen-bond donors (Lipinski definition) is 1. The summed E-state index contributed by atoms with van der Waals surface area (Å²) in [4.78, 5) is 11.1. The average Bonchev–Trinajstić information content (AvgIpc) is 2.49. The van der Waals surface area contributed by atoms with Gasteiger partial charge < -0.3 is 5.11 Å². The van der Waals surface area contributed by atoms with Crippen molar-refractivity contribution in [2.24, 2.45) is 0 Å². The van der Waals surface area contributed by atoms with E-state index in [0.717, 1.165) is 0 Å². The first-order chi connectivity index (χ1) is 10.1. The first-order valence-corrected chi connectivity index (χ1v) is 6.66. The molecule has 0 spiro atoms. The van der Waals surface area contributed by atoms with Crippen molar-refractivity contribution in [3.63, 3.8) is 0 Å². The Balaban J connectivity index is 2.33. The number of carboxylic acids is 1. The molecule has 0 fully saturated rings. The Labute approximate surface area is 125 Å². The summed E-state index contributed by atoms with van der Waals surface area (Å²) in [6.07, 6.45) is 0. The SMILES string of the molecule is O=C(O)c1ccc(Cl)c(-c2ccc(F)c3ccccc23)c1. The molecule has 0 saturated heterocycles. The average molecular weight is 301 g/mol. The zero-order valence-electron chi connectivity index (χ0n) is 10.8. The number of aromatic carboxylic acids is 1. The number of halogens is 2. The Morgan fingerprint density at radius 1 is 0.952 bits per heavy atom. The predicted molar refractivity (Wildman–Crippen MR) is 81.3 cm³/mol. The van der Waals surface area contributed by atoms with Crippen LogP contribution in [-0.4, -0.2) is 11.1 Å². The maximum absolute atomic E-state index is 13.9. The van der Waals surface area contributed by atoms with Crippen molar-refractivity contribution >= 4 is 28.3 Å². The van der Waals surface area contributed by atoms with Crippen molar-refractivity contribution in [2.45, 2.75) is 0 Å². The van der Waals surface area contributed by atoms with Crippen LogP contribution < -0.4 is 0 Å². The second-order valence-corrected chi connectivity index (χ2v) is 5.05. The van der Waals surface area contributed by atoms with Gasteiger partial charge in [-0.3, -0.25) is 0 Å². The molecule has 0 amide bonds. The van der Waals surface area contributed by atoms with E-state index in [-0.39, 0.29) is 11.4 Å². The lowest BCUT2D eigenvalue weighted by molar-refractivity contribution is 0.0697. The molecule has 104 valence electrons. The van der Waals surface area contributed by atoms with Crippen LogP contribution >= 0.6 is 11.6 Å².